The van der Waals surface area contributed by atoms with Crippen LogP contribution in [0.3, 0.4) is 0 Å². The maximum absolute atomic E-state index is 14.5. The van der Waals surface area contributed by atoms with Crippen molar-refractivity contribution in [2.45, 2.75) is 25.7 Å². The molecule has 0 radical (unpaired) electrons. The lowest BCUT2D eigenvalue weighted by molar-refractivity contribution is 0.102. The summed E-state index contributed by atoms with van der Waals surface area (Å²) in [6.45, 7) is 1.63. The summed E-state index contributed by atoms with van der Waals surface area (Å²) in [7, 11) is 0. The first-order valence-electron chi connectivity index (χ1n) is 9.07. The first-order valence-corrected chi connectivity index (χ1v) is 9.07. The van der Waals surface area contributed by atoms with Crippen molar-refractivity contribution in [3.63, 3.8) is 0 Å². The van der Waals surface area contributed by atoms with Gasteiger partial charge in [-0.1, -0.05) is 6.07 Å². The number of hydrogen-bond donors (Lipinski definition) is 2. The molecule has 4 aromatic rings. The van der Waals surface area contributed by atoms with Gasteiger partial charge >= 0.3 is 0 Å². The third kappa shape index (κ3) is 2.83. The van der Waals surface area contributed by atoms with Crippen LogP contribution >= 0.6 is 0 Å². The van der Waals surface area contributed by atoms with E-state index in [1.165, 1.54) is 12.3 Å². The summed E-state index contributed by atoms with van der Waals surface area (Å²) in [5, 5.41) is 15.3. The molecule has 3 heterocycles. The van der Waals surface area contributed by atoms with Crippen LogP contribution in [0.1, 0.15) is 40.5 Å². The van der Waals surface area contributed by atoms with E-state index in [1.54, 1.807) is 29.8 Å². The molecule has 3 aromatic heterocycles. The van der Waals surface area contributed by atoms with Crippen molar-refractivity contribution in [3.8, 4) is 11.4 Å². The number of benzene rings is 1. The maximum Gasteiger partial charge on any atom is 0.259 e. The monoisotopic (exact) mass is 376 g/mol. The van der Waals surface area contributed by atoms with Gasteiger partial charge in [-0.2, -0.15) is 5.10 Å². The zero-order valence-electron chi connectivity index (χ0n) is 15.1. The van der Waals surface area contributed by atoms with Crippen LogP contribution in [-0.4, -0.2) is 30.7 Å². The van der Waals surface area contributed by atoms with Crippen molar-refractivity contribution in [2.75, 3.05) is 5.32 Å². The van der Waals surface area contributed by atoms with Crippen LogP contribution in [0.2, 0.25) is 0 Å². The molecule has 0 saturated heterocycles. The summed E-state index contributed by atoms with van der Waals surface area (Å²) >= 11 is 0. The first-order chi connectivity index (χ1) is 13.6. The highest BCUT2D eigenvalue weighted by Gasteiger charge is 2.27. The minimum atomic E-state index is -0.419. The number of rotatable bonds is 4. The third-order valence-corrected chi connectivity index (χ3v) is 5.01. The van der Waals surface area contributed by atoms with Crippen molar-refractivity contribution in [3.05, 3.63) is 65.5 Å². The summed E-state index contributed by atoms with van der Waals surface area (Å²) in [4.78, 5) is 15.9. The predicted octanol–water partition coefficient (Wildman–Crippen LogP) is 3.70. The average Bonchev–Trinajstić information content (AvgIpc) is 3.26. The fourth-order valence-electron chi connectivity index (χ4n) is 3.19. The highest BCUT2D eigenvalue weighted by molar-refractivity contribution is 6.09. The van der Waals surface area contributed by atoms with E-state index in [2.05, 4.69) is 25.6 Å². The Morgan fingerprint density at radius 2 is 2.14 bits per heavy atom. The highest BCUT2D eigenvalue weighted by atomic mass is 19.1. The summed E-state index contributed by atoms with van der Waals surface area (Å²) < 4.78 is 16.1. The summed E-state index contributed by atoms with van der Waals surface area (Å²) in [5.74, 6) is 0.973. The minimum Gasteiger partial charge on any atom is -0.325 e. The quantitative estimate of drug-likeness (QED) is 0.568. The Labute approximate surface area is 159 Å². The van der Waals surface area contributed by atoms with Gasteiger partial charge in [-0.25, -0.2) is 8.91 Å². The van der Waals surface area contributed by atoms with Crippen molar-refractivity contribution >= 4 is 17.1 Å². The Morgan fingerprint density at radius 1 is 1.29 bits per heavy atom. The molecule has 8 heteroatoms. The second-order valence-electron chi connectivity index (χ2n) is 7.01. The van der Waals surface area contributed by atoms with E-state index in [9.17, 15) is 9.18 Å². The Bertz CT molecular complexity index is 1210. The molecule has 1 fully saturated rings. The first kappa shape index (κ1) is 16.6. The molecule has 0 aliphatic heterocycles. The van der Waals surface area contributed by atoms with Gasteiger partial charge in [-0.05, 0) is 44.0 Å². The van der Waals surface area contributed by atoms with Crippen molar-refractivity contribution in [1.29, 1.82) is 0 Å². The molecule has 0 unspecified atom stereocenters. The number of anilines is 1. The molecule has 140 valence electrons. The molecule has 0 atom stereocenters. The van der Waals surface area contributed by atoms with Crippen LogP contribution in [0.5, 0.6) is 0 Å². The number of carbonyl (C=O) groups excluding carboxylic acids is 1. The second-order valence-corrected chi connectivity index (χ2v) is 7.01. The smallest absolute Gasteiger partial charge is 0.259 e. The normalized spacial score (nSPS) is 13.8. The number of aromatic amines is 1. The van der Waals surface area contributed by atoms with Gasteiger partial charge in [0, 0.05) is 28.9 Å². The van der Waals surface area contributed by atoms with Gasteiger partial charge in [0.2, 0.25) is 0 Å². The topological polar surface area (TPSA) is 88.0 Å². The number of H-pyrrole nitrogens is 1. The number of aromatic nitrogens is 5. The van der Waals surface area contributed by atoms with Gasteiger partial charge in [-0.3, -0.25) is 4.79 Å². The van der Waals surface area contributed by atoms with E-state index in [0.717, 1.165) is 18.7 Å². The fourth-order valence-corrected chi connectivity index (χ4v) is 3.19. The summed E-state index contributed by atoms with van der Waals surface area (Å²) in [6, 6.07) is 8.58. The van der Waals surface area contributed by atoms with E-state index in [1.807, 2.05) is 12.1 Å². The number of nitrogens with zero attached hydrogens (tertiary/aromatic N) is 4. The van der Waals surface area contributed by atoms with Crippen LogP contribution in [0.4, 0.5) is 10.1 Å². The van der Waals surface area contributed by atoms with Gasteiger partial charge in [0.25, 0.3) is 5.91 Å². The summed E-state index contributed by atoms with van der Waals surface area (Å²) in [5.41, 5.74) is 2.38. The molecule has 1 aliphatic rings. The molecule has 5 rings (SSSR count). The molecule has 0 spiro atoms. The van der Waals surface area contributed by atoms with E-state index < -0.39 is 5.82 Å². The number of pyridine rings is 1. The van der Waals surface area contributed by atoms with Gasteiger partial charge in [0.05, 0.1) is 17.3 Å². The van der Waals surface area contributed by atoms with E-state index >= 15 is 0 Å². The second kappa shape index (κ2) is 6.26. The van der Waals surface area contributed by atoms with Crippen LogP contribution in [0.15, 0.2) is 42.7 Å². The fraction of sp³-hybridized carbons (Fsp3) is 0.200. The lowest BCUT2D eigenvalue weighted by atomic mass is 10.1. The molecule has 1 saturated carbocycles. The van der Waals surface area contributed by atoms with E-state index in [0.29, 0.717) is 39.6 Å². The maximum atomic E-state index is 14.5. The lowest BCUT2D eigenvalue weighted by Crippen LogP contribution is -2.13. The molecule has 1 amide bonds. The number of carbonyl (C=O) groups is 1. The van der Waals surface area contributed by atoms with Crippen LogP contribution in [-0.2, 0) is 0 Å². The Morgan fingerprint density at radius 3 is 2.96 bits per heavy atom. The third-order valence-electron chi connectivity index (χ3n) is 5.01. The molecular weight excluding hydrogens is 359 g/mol. The Hall–Kier alpha value is -3.55. The zero-order valence-corrected chi connectivity index (χ0v) is 15.1. The van der Waals surface area contributed by atoms with E-state index in [4.69, 9.17) is 0 Å². The Kier molecular flexibility index (Phi) is 3.71. The van der Waals surface area contributed by atoms with Crippen LogP contribution in [0.25, 0.3) is 16.9 Å². The molecule has 7 nitrogen and oxygen atoms in total. The van der Waals surface area contributed by atoms with Crippen LogP contribution in [0, 0.1) is 12.7 Å². The molecule has 0 bridgehead atoms. The summed E-state index contributed by atoms with van der Waals surface area (Å²) in [6.07, 6.45) is 5.45. The largest absolute Gasteiger partial charge is 0.325 e. The van der Waals surface area contributed by atoms with E-state index in [-0.39, 0.29) is 5.91 Å². The lowest BCUT2D eigenvalue weighted by Gasteiger charge is -2.10. The van der Waals surface area contributed by atoms with Crippen molar-refractivity contribution in [2.24, 2.45) is 0 Å². The van der Waals surface area contributed by atoms with Crippen molar-refractivity contribution in [1.82, 2.24) is 24.8 Å². The zero-order chi connectivity index (χ0) is 19.3. The standard InChI is InChI=1S/C20H17FN6O/c1-11-15(21)8-13(19-24-18(25-26-19)12-5-6-12)9-16(11)23-20(28)14-10-22-27-7-3-2-4-17(14)27/h2-4,7-10,12H,5-6H2,1H3,(H,23,28)(H,24,25,26). The number of nitrogens with one attached hydrogen (secondary N) is 2. The van der Waals surface area contributed by atoms with Crippen LogP contribution < -0.4 is 5.32 Å². The SMILES string of the molecule is Cc1c(F)cc(-c2nnc(C3CC3)[nH]2)cc1NC(=O)c1cnn2ccccc12. The number of fused-ring (bicyclic) bond motifs is 1. The molecule has 28 heavy (non-hydrogen) atoms. The highest BCUT2D eigenvalue weighted by Crippen LogP contribution is 2.38. The van der Waals surface area contributed by atoms with Gasteiger partial charge in [0.1, 0.15) is 11.6 Å². The van der Waals surface area contributed by atoms with Gasteiger partial charge in [0.15, 0.2) is 5.82 Å². The number of amides is 1. The molecular formula is C20H17FN6O. The number of hydrogen-bond acceptors (Lipinski definition) is 4. The van der Waals surface area contributed by atoms with Gasteiger partial charge < -0.3 is 10.3 Å². The van der Waals surface area contributed by atoms with Crippen molar-refractivity contribution < 1.29 is 9.18 Å². The van der Waals surface area contributed by atoms with Gasteiger partial charge in [-0.15, -0.1) is 10.2 Å². The average molecular weight is 376 g/mol. The molecule has 1 aromatic carbocycles. The molecule has 2 N–H and O–H groups in total. The Balaban J connectivity index is 1.48. The predicted molar refractivity (Wildman–Crippen MR) is 102 cm³/mol. The molecule has 1 aliphatic carbocycles. The minimum absolute atomic E-state index is 0.350. The number of halogens is 1.